The molecular weight excluding hydrogens is 314 g/mol. The van der Waals surface area contributed by atoms with Crippen LogP contribution >= 0.6 is 11.3 Å². The molecule has 4 N–H and O–H groups in total. The molecule has 0 spiro atoms. The van der Waals surface area contributed by atoms with E-state index >= 15 is 0 Å². The average Bonchev–Trinajstić information content (AvgIpc) is 3.16. The van der Waals surface area contributed by atoms with Gasteiger partial charge < -0.3 is 20.9 Å². The third-order valence-corrected chi connectivity index (χ3v) is 4.27. The summed E-state index contributed by atoms with van der Waals surface area (Å²) in [6, 6.07) is 5.64. The predicted molar refractivity (Wildman–Crippen MR) is 90.8 cm³/mol. The van der Waals surface area contributed by atoms with Gasteiger partial charge in [0.1, 0.15) is 22.3 Å². The normalized spacial score (nSPS) is 10.7. The van der Waals surface area contributed by atoms with E-state index in [2.05, 4.69) is 10.1 Å². The van der Waals surface area contributed by atoms with Gasteiger partial charge in [-0.05, 0) is 12.1 Å². The zero-order chi connectivity index (χ0) is 16.4. The van der Waals surface area contributed by atoms with Crippen LogP contribution in [0.25, 0.3) is 11.3 Å². The van der Waals surface area contributed by atoms with E-state index in [4.69, 9.17) is 20.9 Å². The molecule has 3 aromatic rings. The van der Waals surface area contributed by atoms with Crippen molar-refractivity contribution in [2.24, 2.45) is 0 Å². The van der Waals surface area contributed by atoms with Crippen LogP contribution in [0, 0.1) is 0 Å². The molecule has 0 saturated heterocycles. The Balaban J connectivity index is 1.88. The van der Waals surface area contributed by atoms with Gasteiger partial charge in [0, 0.05) is 17.0 Å². The maximum Gasteiger partial charge on any atom is 0.145 e. The molecule has 2 aromatic heterocycles. The topological polar surface area (TPSA) is 101 Å². The van der Waals surface area contributed by atoms with E-state index in [1.54, 1.807) is 18.9 Å². The highest BCUT2D eigenvalue weighted by atomic mass is 32.1. The molecule has 0 radical (unpaired) electrons. The number of aromatic nitrogens is 3. The van der Waals surface area contributed by atoms with Crippen LogP contribution in [0.4, 0.5) is 11.5 Å². The number of nitrogens with two attached hydrogens (primary N) is 2. The predicted octanol–water partition coefficient (Wildman–Crippen LogP) is 2.24. The fourth-order valence-corrected chi connectivity index (χ4v) is 2.96. The van der Waals surface area contributed by atoms with Crippen molar-refractivity contribution in [2.45, 2.75) is 6.54 Å². The van der Waals surface area contributed by atoms with E-state index in [-0.39, 0.29) is 0 Å². The van der Waals surface area contributed by atoms with Crippen LogP contribution in [0.2, 0.25) is 0 Å². The van der Waals surface area contributed by atoms with Gasteiger partial charge in [-0.2, -0.15) is 5.10 Å². The summed E-state index contributed by atoms with van der Waals surface area (Å²) < 4.78 is 12.3. The molecule has 1 aromatic carbocycles. The van der Waals surface area contributed by atoms with E-state index in [1.165, 1.54) is 17.5 Å². The minimum absolute atomic E-state index is 0.448. The lowest BCUT2D eigenvalue weighted by Crippen LogP contribution is -2.06. The van der Waals surface area contributed by atoms with E-state index in [0.29, 0.717) is 23.8 Å². The summed E-state index contributed by atoms with van der Waals surface area (Å²) in [4.78, 5) is 4.63. The number of hydrogen-bond donors (Lipinski definition) is 2. The van der Waals surface area contributed by atoms with Gasteiger partial charge >= 0.3 is 0 Å². The largest absolute Gasteiger partial charge is 0.497 e. The minimum atomic E-state index is 0.448. The molecule has 0 saturated carbocycles. The van der Waals surface area contributed by atoms with Crippen LogP contribution in [-0.2, 0) is 6.54 Å². The van der Waals surface area contributed by atoms with Crippen LogP contribution in [-0.4, -0.2) is 29.0 Å². The number of benzene rings is 1. The highest BCUT2D eigenvalue weighted by Crippen LogP contribution is 2.34. The maximum atomic E-state index is 5.86. The molecule has 0 aliphatic rings. The summed E-state index contributed by atoms with van der Waals surface area (Å²) >= 11 is 1.53. The molecule has 0 aliphatic carbocycles. The first kappa shape index (κ1) is 15.2. The molecule has 3 rings (SSSR count). The van der Waals surface area contributed by atoms with Crippen molar-refractivity contribution in [2.75, 3.05) is 25.7 Å². The van der Waals surface area contributed by atoms with Crippen molar-refractivity contribution in [1.82, 2.24) is 14.8 Å². The third kappa shape index (κ3) is 2.93. The first-order chi connectivity index (χ1) is 11.1. The molecule has 0 fully saturated rings. The molecule has 0 aliphatic heterocycles. The van der Waals surface area contributed by atoms with E-state index in [0.717, 1.165) is 22.0 Å². The Labute approximate surface area is 137 Å². The van der Waals surface area contributed by atoms with Crippen molar-refractivity contribution in [1.29, 1.82) is 0 Å². The van der Waals surface area contributed by atoms with Gasteiger partial charge in [-0.25, -0.2) is 9.67 Å². The Hall–Kier alpha value is -2.74. The van der Waals surface area contributed by atoms with Gasteiger partial charge in [0.2, 0.25) is 0 Å². The van der Waals surface area contributed by atoms with Crippen molar-refractivity contribution in [3.05, 3.63) is 34.8 Å². The average molecular weight is 331 g/mol. The molecule has 7 nitrogen and oxygen atoms in total. The van der Waals surface area contributed by atoms with E-state index < -0.39 is 0 Å². The van der Waals surface area contributed by atoms with Crippen LogP contribution in [0.1, 0.15) is 5.01 Å². The molecule has 120 valence electrons. The Morgan fingerprint density at radius 3 is 2.70 bits per heavy atom. The molecule has 0 amide bonds. The molecule has 0 atom stereocenters. The van der Waals surface area contributed by atoms with Crippen LogP contribution in [0.3, 0.4) is 0 Å². The van der Waals surface area contributed by atoms with Gasteiger partial charge in [0.25, 0.3) is 0 Å². The zero-order valence-corrected chi connectivity index (χ0v) is 13.6. The number of methoxy groups -OCH3 is 2. The number of nitrogens with zero attached hydrogens (tertiary/aromatic N) is 3. The van der Waals surface area contributed by atoms with Crippen molar-refractivity contribution < 1.29 is 9.47 Å². The molecule has 0 bridgehead atoms. The molecule has 23 heavy (non-hydrogen) atoms. The monoisotopic (exact) mass is 331 g/mol. The number of ether oxygens (including phenoxy) is 2. The standard InChI is InChI=1S/C15H17N5O2S/c1-21-9-3-4-10(13(5-9)22-2)12-8-23-14(19-12)7-20-15(17)11(16)6-18-20/h3-6,8H,7,16-17H2,1-2H3. The van der Waals surface area contributed by atoms with E-state index in [1.807, 2.05) is 23.6 Å². The lowest BCUT2D eigenvalue weighted by Gasteiger charge is -2.08. The Bertz CT molecular complexity index is 827. The first-order valence-corrected chi connectivity index (χ1v) is 7.74. The summed E-state index contributed by atoms with van der Waals surface area (Å²) in [6.45, 7) is 0.478. The summed E-state index contributed by atoms with van der Waals surface area (Å²) in [5.41, 5.74) is 13.8. The maximum absolute atomic E-state index is 5.86. The quantitative estimate of drug-likeness (QED) is 0.743. The fourth-order valence-electron chi connectivity index (χ4n) is 2.18. The number of thiazole rings is 1. The zero-order valence-electron chi connectivity index (χ0n) is 12.8. The Morgan fingerprint density at radius 2 is 2.04 bits per heavy atom. The van der Waals surface area contributed by atoms with Crippen LogP contribution < -0.4 is 20.9 Å². The summed E-state index contributed by atoms with van der Waals surface area (Å²) in [5.74, 6) is 1.90. The van der Waals surface area contributed by atoms with Crippen LogP contribution in [0.5, 0.6) is 11.5 Å². The SMILES string of the molecule is COc1ccc(-c2csc(Cn3ncc(N)c3N)n2)c(OC)c1. The number of anilines is 2. The third-order valence-electron chi connectivity index (χ3n) is 3.43. The molecule has 8 heteroatoms. The lowest BCUT2D eigenvalue weighted by molar-refractivity contribution is 0.395. The van der Waals surface area contributed by atoms with Crippen LogP contribution in [0.15, 0.2) is 29.8 Å². The number of nitrogen functional groups attached to an aromatic ring is 2. The lowest BCUT2D eigenvalue weighted by atomic mass is 10.1. The van der Waals surface area contributed by atoms with Gasteiger partial charge in [-0.15, -0.1) is 11.3 Å². The summed E-state index contributed by atoms with van der Waals surface area (Å²) in [7, 11) is 3.24. The molecule has 2 heterocycles. The van der Waals surface area contributed by atoms with Gasteiger partial charge in [0.05, 0.1) is 38.3 Å². The van der Waals surface area contributed by atoms with Crippen molar-refractivity contribution in [3.63, 3.8) is 0 Å². The summed E-state index contributed by atoms with van der Waals surface area (Å²) in [6.07, 6.45) is 1.54. The highest BCUT2D eigenvalue weighted by Gasteiger charge is 2.13. The summed E-state index contributed by atoms with van der Waals surface area (Å²) in [5, 5.41) is 7.00. The van der Waals surface area contributed by atoms with Gasteiger partial charge in [0.15, 0.2) is 0 Å². The second-order valence-corrected chi connectivity index (χ2v) is 5.78. The van der Waals surface area contributed by atoms with E-state index in [9.17, 15) is 0 Å². The Kier molecular flexibility index (Phi) is 4.07. The first-order valence-electron chi connectivity index (χ1n) is 6.86. The number of rotatable bonds is 5. The minimum Gasteiger partial charge on any atom is -0.497 e. The second kappa shape index (κ2) is 6.17. The smallest absolute Gasteiger partial charge is 0.145 e. The highest BCUT2D eigenvalue weighted by molar-refractivity contribution is 7.09. The van der Waals surface area contributed by atoms with Gasteiger partial charge in [-0.3, -0.25) is 0 Å². The van der Waals surface area contributed by atoms with Crippen molar-refractivity contribution in [3.8, 4) is 22.8 Å². The van der Waals surface area contributed by atoms with Gasteiger partial charge in [-0.1, -0.05) is 0 Å². The molecular formula is C15H17N5O2S. The number of hydrogen-bond acceptors (Lipinski definition) is 7. The Morgan fingerprint density at radius 1 is 1.22 bits per heavy atom. The second-order valence-electron chi connectivity index (χ2n) is 4.84. The van der Waals surface area contributed by atoms with Crippen molar-refractivity contribution >= 4 is 22.8 Å². The fraction of sp³-hybridized carbons (Fsp3) is 0.200. The molecule has 0 unspecified atom stereocenters.